The maximum absolute atomic E-state index is 12.1. The van der Waals surface area contributed by atoms with E-state index in [-0.39, 0.29) is 11.7 Å². The van der Waals surface area contributed by atoms with Crippen LogP contribution in [0.1, 0.15) is 10.6 Å². The van der Waals surface area contributed by atoms with Crippen LogP contribution in [0, 0.1) is 0 Å². The van der Waals surface area contributed by atoms with Crippen molar-refractivity contribution in [2.75, 3.05) is 39.4 Å². The van der Waals surface area contributed by atoms with Gasteiger partial charge >= 0.3 is 0 Å². The van der Waals surface area contributed by atoms with E-state index in [1.807, 2.05) is 12.1 Å². The van der Waals surface area contributed by atoms with Crippen molar-refractivity contribution >= 4 is 17.5 Å². The minimum absolute atomic E-state index is 0.196. The smallest absolute Gasteiger partial charge is 0.289 e. The minimum Gasteiger partial charge on any atom is -0.379 e. The van der Waals surface area contributed by atoms with Gasteiger partial charge in [0.25, 0.3) is 5.91 Å². The Hall–Kier alpha value is -1.89. The van der Waals surface area contributed by atoms with Gasteiger partial charge in [0.05, 0.1) is 13.2 Å². The molecule has 1 aliphatic rings. The largest absolute Gasteiger partial charge is 0.379 e. The molecule has 6 nitrogen and oxygen atoms in total. The third-order valence-electron chi connectivity index (χ3n) is 3.67. The summed E-state index contributed by atoms with van der Waals surface area (Å²) in [6, 6.07) is 8.87. The summed E-state index contributed by atoms with van der Waals surface area (Å²) in [5.74, 6) is -0.0685. The van der Waals surface area contributed by atoms with Crippen LogP contribution in [0.4, 0.5) is 0 Å². The number of ether oxygens (including phenoxy) is 1. The van der Waals surface area contributed by atoms with E-state index < -0.39 is 0 Å². The monoisotopic (exact) mass is 335 g/mol. The third-order valence-corrected chi connectivity index (χ3v) is 3.91. The Balaban J connectivity index is 1.54. The number of hydrogen-bond donors (Lipinski definition) is 1. The number of carbonyl (C=O) groups excluding carboxylic acids is 1. The quantitative estimate of drug-likeness (QED) is 0.906. The van der Waals surface area contributed by atoms with E-state index in [4.69, 9.17) is 20.9 Å². The molecule has 2 heterocycles. The maximum atomic E-state index is 12.1. The van der Waals surface area contributed by atoms with Crippen LogP contribution in [-0.4, -0.2) is 55.4 Å². The van der Waals surface area contributed by atoms with Crippen LogP contribution in [0.5, 0.6) is 0 Å². The van der Waals surface area contributed by atoms with Crippen molar-refractivity contribution in [1.29, 1.82) is 0 Å². The minimum atomic E-state index is -0.265. The molecular weight excluding hydrogens is 318 g/mol. The van der Waals surface area contributed by atoms with Gasteiger partial charge in [0, 0.05) is 42.8 Å². The first kappa shape index (κ1) is 16.0. The van der Waals surface area contributed by atoms with Gasteiger partial charge < -0.3 is 14.6 Å². The molecule has 3 rings (SSSR count). The molecule has 122 valence electrons. The molecule has 1 amide bonds. The highest BCUT2D eigenvalue weighted by Gasteiger charge is 2.15. The number of halogens is 1. The van der Waals surface area contributed by atoms with Crippen LogP contribution in [0.2, 0.25) is 5.02 Å². The zero-order valence-electron chi connectivity index (χ0n) is 12.6. The molecule has 1 N–H and O–H groups in total. The first-order valence-corrected chi connectivity index (χ1v) is 7.91. The van der Waals surface area contributed by atoms with E-state index in [0.29, 0.717) is 17.3 Å². The van der Waals surface area contributed by atoms with E-state index in [1.54, 1.807) is 18.2 Å². The Morgan fingerprint density at radius 3 is 2.91 bits per heavy atom. The van der Waals surface area contributed by atoms with Crippen molar-refractivity contribution < 1.29 is 14.1 Å². The van der Waals surface area contributed by atoms with Gasteiger partial charge in [0.15, 0.2) is 0 Å². The second-order valence-corrected chi connectivity index (χ2v) is 5.73. The molecule has 1 fully saturated rings. The molecule has 2 aromatic rings. The Morgan fingerprint density at radius 2 is 2.13 bits per heavy atom. The summed E-state index contributed by atoms with van der Waals surface area (Å²) in [4.78, 5) is 14.3. The van der Waals surface area contributed by atoms with Gasteiger partial charge in [-0.25, -0.2) is 0 Å². The first-order valence-electron chi connectivity index (χ1n) is 7.53. The molecule has 0 atom stereocenters. The number of aromatic nitrogens is 1. The SMILES string of the molecule is O=C(NCCN1CCOCC1)c1cc(-c2cccc(Cl)c2)no1. The highest BCUT2D eigenvalue weighted by atomic mass is 35.5. The molecule has 1 aromatic heterocycles. The summed E-state index contributed by atoms with van der Waals surface area (Å²) in [6.45, 7) is 4.66. The topological polar surface area (TPSA) is 67.6 Å². The second-order valence-electron chi connectivity index (χ2n) is 5.30. The van der Waals surface area contributed by atoms with Gasteiger partial charge in [-0.15, -0.1) is 0 Å². The van der Waals surface area contributed by atoms with Crippen molar-refractivity contribution in [2.24, 2.45) is 0 Å². The average molecular weight is 336 g/mol. The van der Waals surface area contributed by atoms with Crippen LogP contribution < -0.4 is 5.32 Å². The Kier molecular flexibility index (Phi) is 5.27. The Bertz CT molecular complexity index is 668. The molecule has 0 spiro atoms. The predicted molar refractivity (Wildman–Crippen MR) is 86.5 cm³/mol. The Morgan fingerprint density at radius 1 is 1.30 bits per heavy atom. The van der Waals surface area contributed by atoms with Crippen molar-refractivity contribution in [2.45, 2.75) is 0 Å². The lowest BCUT2D eigenvalue weighted by Gasteiger charge is -2.26. The van der Waals surface area contributed by atoms with E-state index >= 15 is 0 Å². The zero-order valence-corrected chi connectivity index (χ0v) is 13.4. The molecule has 1 saturated heterocycles. The van der Waals surface area contributed by atoms with Gasteiger partial charge in [0.1, 0.15) is 5.69 Å². The molecule has 1 aromatic carbocycles. The predicted octanol–water partition coefficient (Wildman–Crippen LogP) is 2.06. The summed E-state index contributed by atoms with van der Waals surface area (Å²) in [5, 5.41) is 7.38. The van der Waals surface area contributed by atoms with E-state index in [9.17, 15) is 4.79 Å². The lowest BCUT2D eigenvalue weighted by Crippen LogP contribution is -2.41. The lowest BCUT2D eigenvalue weighted by atomic mass is 10.1. The molecule has 7 heteroatoms. The second kappa shape index (κ2) is 7.59. The molecule has 0 aliphatic carbocycles. The average Bonchev–Trinajstić information content (AvgIpc) is 3.06. The van der Waals surface area contributed by atoms with E-state index in [0.717, 1.165) is 38.4 Å². The maximum Gasteiger partial charge on any atom is 0.289 e. The molecule has 0 saturated carbocycles. The number of morpholine rings is 1. The normalized spacial score (nSPS) is 15.5. The van der Waals surface area contributed by atoms with Gasteiger partial charge in [-0.1, -0.05) is 28.9 Å². The number of nitrogens with one attached hydrogen (secondary N) is 1. The van der Waals surface area contributed by atoms with Gasteiger partial charge in [-0.2, -0.15) is 0 Å². The van der Waals surface area contributed by atoms with Gasteiger partial charge in [0.2, 0.25) is 5.76 Å². The van der Waals surface area contributed by atoms with Crippen LogP contribution in [0.15, 0.2) is 34.9 Å². The summed E-state index contributed by atoms with van der Waals surface area (Å²) < 4.78 is 10.4. The highest BCUT2D eigenvalue weighted by Crippen LogP contribution is 2.22. The number of carbonyl (C=O) groups is 1. The lowest BCUT2D eigenvalue weighted by molar-refractivity contribution is 0.0382. The molecule has 23 heavy (non-hydrogen) atoms. The molecule has 1 aliphatic heterocycles. The highest BCUT2D eigenvalue weighted by molar-refractivity contribution is 6.30. The third kappa shape index (κ3) is 4.31. The van der Waals surface area contributed by atoms with Crippen LogP contribution in [0.25, 0.3) is 11.3 Å². The van der Waals surface area contributed by atoms with Crippen molar-refractivity contribution in [3.63, 3.8) is 0 Å². The van der Waals surface area contributed by atoms with Crippen LogP contribution >= 0.6 is 11.6 Å². The van der Waals surface area contributed by atoms with E-state index in [2.05, 4.69) is 15.4 Å². The summed E-state index contributed by atoms with van der Waals surface area (Å²) >= 11 is 5.96. The van der Waals surface area contributed by atoms with Gasteiger partial charge in [-0.3, -0.25) is 9.69 Å². The van der Waals surface area contributed by atoms with Crippen molar-refractivity contribution in [3.8, 4) is 11.3 Å². The van der Waals surface area contributed by atoms with E-state index in [1.165, 1.54) is 0 Å². The van der Waals surface area contributed by atoms with Crippen LogP contribution in [0.3, 0.4) is 0 Å². The fourth-order valence-corrected chi connectivity index (χ4v) is 2.60. The standard InChI is InChI=1S/C16H18ClN3O3/c17-13-3-1-2-12(10-13)14-11-15(23-19-14)16(21)18-4-5-20-6-8-22-9-7-20/h1-3,10-11H,4-9H2,(H,18,21). The Labute approximate surface area is 139 Å². The molecule has 0 bridgehead atoms. The fourth-order valence-electron chi connectivity index (χ4n) is 2.41. The first-order chi connectivity index (χ1) is 11.2. The summed E-state index contributed by atoms with van der Waals surface area (Å²) in [7, 11) is 0. The summed E-state index contributed by atoms with van der Waals surface area (Å²) in [6.07, 6.45) is 0. The molecule has 0 radical (unpaired) electrons. The van der Waals surface area contributed by atoms with Crippen LogP contribution in [-0.2, 0) is 4.74 Å². The molecule has 0 unspecified atom stereocenters. The van der Waals surface area contributed by atoms with Gasteiger partial charge in [-0.05, 0) is 12.1 Å². The fraction of sp³-hybridized carbons (Fsp3) is 0.375. The number of nitrogens with zero attached hydrogens (tertiary/aromatic N) is 2. The summed E-state index contributed by atoms with van der Waals surface area (Å²) in [5.41, 5.74) is 1.40. The van der Waals surface area contributed by atoms with Crippen molar-refractivity contribution in [1.82, 2.24) is 15.4 Å². The zero-order chi connectivity index (χ0) is 16.1. The number of amides is 1. The number of rotatable bonds is 5. The number of hydrogen-bond acceptors (Lipinski definition) is 5. The molecular formula is C16H18ClN3O3. The number of benzene rings is 1. The van der Waals surface area contributed by atoms with Crippen molar-refractivity contribution in [3.05, 3.63) is 41.1 Å².